The molecular formula is C7H11ClN2O3. The summed E-state index contributed by atoms with van der Waals surface area (Å²) in [5, 5.41) is 23.4. The third-order valence-corrected chi connectivity index (χ3v) is 2.79. The molecule has 0 spiro atoms. The van der Waals surface area contributed by atoms with Gasteiger partial charge < -0.3 is 19.7 Å². The highest BCUT2D eigenvalue weighted by Crippen LogP contribution is 2.30. The molecule has 5 nitrogen and oxygen atoms in total. The third-order valence-electron chi connectivity index (χ3n) is 2.79. The highest BCUT2D eigenvalue weighted by Gasteiger charge is 2.45. The van der Waals surface area contributed by atoms with Gasteiger partial charge in [-0.1, -0.05) is 0 Å². The summed E-state index contributed by atoms with van der Waals surface area (Å²) < 4.78 is -0.988. The first-order valence-electron chi connectivity index (χ1n) is 3.98. The number of carbonyl (C=O) groups excluding carboxylic acids is 1. The summed E-state index contributed by atoms with van der Waals surface area (Å²) in [5.41, 5.74) is 0.0995. The molecule has 0 radical (unpaired) electrons. The Labute approximate surface area is 82.0 Å². The molecule has 3 heterocycles. The molecule has 13 heavy (non-hydrogen) atoms. The van der Waals surface area contributed by atoms with Crippen LogP contribution in [0.2, 0.25) is 0 Å². The Balaban J connectivity index is 0.000000845. The summed E-state index contributed by atoms with van der Waals surface area (Å²) in [6.45, 7) is 1.22. The van der Waals surface area contributed by atoms with E-state index in [1.54, 1.807) is 5.94 Å². The Morgan fingerprint density at radius 2 is 1.69 bits per heavy atom. The standard InChI is InChI=1S/C7H10N2O3.ClH/c10-6-7-5-8(11)1-3-9(7,12)4-2-8;/h1-5H2;1H. The third kappa shape index (κ3) is 1.50. The minimum absolute atomic E-state index is 0. The summed E-state index contributed by atoms with van der Waals surface area (Å²) >= 11 is 0. The van der Waals surface area contributed by atoms with Gasteiger partial charge in [0.25, 0.3) is 0 Å². The fourth-order valence-electron chi connectivity index (χ4n) is 1.86. The van der Waals surface area contributed by atoms with Crippen molar-refractivity contribution in [3.63, 3.8) is 0 Å². The molecule has 0 N–H and O–H groups in total. The second kappa shape index (κ2) is 3.06. The summed E-state index contributed by atoms with van der Waals surface area (Å²) in [5.74, 6) is 1.61. The van der Waals surface area contributed by atoms with Crippen LogP contribution in [0.1, 0.15) is 0 Å². The smallest absolute Gasteiger partial charge is 0.249 e. The fraction of sp³-hybridized carbons (Fsp3) is 0.714. The molecule has 3 aliphatic rings. The van der Waals surface area contributed by atoms with Crippen LogP contribution in [0.4, 0.5) is 0 Å². The van der Waals surface area contributed by atoms with Gasteiger partial charge in [0, 0.05) is 0 Å². The van der Waals surface area contributed by atoms with Crippen molar-refractivity contribution in [2.75, 3.05) is 32.7 Å². The molecule has 0 aromatic heterocycles. The predicted octanol–water partition coefficient (Wildman–Crippen LogP) is -0.220. The van der Waals surface area contributed by atoms with Crippen molar-refractivity contribution in [1.82, 2.24) is 0 Å². The first-order chi connectivity index (χ1) is 5.58. The van der Waals surface area contributed by atoms with Gasteiger partial charge in [0.1, 0.15) is 26.2 Å². The van der Waals surface area contributed by atoms with Crippen LogP contribution < -0.4 is 0 Å². The Kier molecular flexibility index (Phi) is 2.51. The molecule has 3 saturated heterocycles. The Morgan fingerprint density at radius 3 is 2.08 bits per heavy atom. The van der Waals surface area contributed by atoms with Crippen LogP contribution in [-0.2, 0) is 4.79 Å². The highest BCUT2D eigenvalue weighted by molar-refractivity contribution is 5.85. The SMILES string of the molecule is Cl.O=C=C1C[N+]2([O-])CC[N+]1([O-])CC2. The molecule has 0 atom stereocenters. The van der Waals surface area contributed by atoms with Crippen LogP contribution in [0.5, 0.6) is 0 Å². The zero-order valence-corrected chi connectivity index (χ0v) is 7.88. The molecule has 0 unspecified atom stereocenters. The second-order valence-electron chi connectivity index (χ2n) is 3.55. The van der Waals surface area contributed by atoms with E-state index in [0.29, 0.717) is 13.1 Å². The first kappa shape index (κ1) is 10.7. The van der Waals surface area contributed by atoms with E-state index in [1.165, 1.54) is 0 Å². The Morgan fingerprint density at radius 1 is 1.15 bits per heavy atom. The number of quaternary nitrogens is 2. The molecule has 0 aliphatic carbocycles. The zero-order valence-electron chi connectivity index (χ0n) is 7.06. The number of hydrogen-bond acceptors (Lipinski definition) is 3. The maximum absolute atomic E-state index is 11.7. The number of halogens is 1. The molecule has 3 aliphatic heterocycles. The molecule has 0 saturated carbocycles. The number of rotatable bonds is 0. The summed E-state index contributed by atoms with van der Waals surface area (Å²) in [6, 6.07) is 0. The molecule has 0 aromatic rings. The normalized spacial score (nSPS) is 42.5. The van der Waals surface area contributed by atoms with E-state index in [4.69, 9.17) is 0 Å². The number of nitrogens with zero attached hydrogens (tertiary/aromatic N) is 2. The van der Waals surface area contributed by atoms with Gasteiger partial charge in [-0.15, -0.1) is 12.4 Å². The van der Waals surface area contributed by atoms with Crippen molar-refractivity contribution in [1.29, 1.82) is 0 Å². The number of piperazine rings is 3. The Hall–Kier alpha value is -0.420. The monoisotopic (exact) mass is 206 g/mol. The summed E-state index contributed by atoms with van der Waals surface area (Å²) in [7, 11) is 0. The average Bonchev–Trinajstić information content (AvgIpc) is 2.07. The van der Waals surface area contributed by atoms with Gasteiger partial charge >= 0.3 is 0 Å². The van der Waals surface area contributed by atoms with E-state index in [0.717, 1.165) is 0 Å². The highest BCUT2D eigenvalue weighted by atomic mass is 35.5. The molecular weight excluding hydrogens is 196 g/mol. The number of fused-ring (bicyclic) bond motifs is 3. The maximum atomic E-state index is 11.7. The first-order valence-corrected chi connectivity index (χ1v) is 3.98. The van der Waals surface area contributed by atoms with Crippen molar-refractivity contribution in [2.45, 2.75) is 0 Å². The van der Waals surface area contributed by atoms with Gasteiger partial charge in [-0.25, -0.2) is 4.79 Å². The average molecular weight is 207 g/mol. The topological polar surface area (TPSA) is 63.2 Å². The van der Waals surface area contributed by atoms with E-state index in [1.807, 2.05) is 0 Å². The second-order valence-corrected chi connectivity index (χ2v) is 3.55. The van der Waals surface area contributed by atoms with Crippen molar-refractivity contribution in [3.05, 3.63) is 16.1 Å². The molecule has 6 heteroatoms. The lowest BCUT2D eigenvalue weighted by atomic mass is 10.1. The van der Waals surface area contributed by atoms with E-state index >= 15 is 0 Å². The van der Waals surface area contributed by atoms with Gasteiger partial charge in [0.05, 0.1) is 0 Å². The zero-order chi connectivity index (χ0) is 8.82. The van der Waals surface area contributed by atoms with Crippen molar-refractivity contribution < 1.29 is 14.1 Å². The van der Waals surface area contributed by atoms with Gasteiger partial charge in [-0.05, 0) is 0 Å². The maximum Gasteiger partial charge on any atom is 0.249 e. The van der Waals surface area contributed by atoms with Crippen LogP contribution in [0.3, 0.4) is 0 Å². The molecule has 0 aromatic carbocycles. The van der Waals surface area contributed by atoms with Crippen molar-refractivity contribution in [2.24, 2.45) is 0 Å². The van der Waals surface area contributed by atoms with E-state index in [9.17, 15) is 15.2 Å². The van der Waals surface area contributed by atoms with Crippen LogP contribution >= 0.6 is 12.4 Å². The van der Waals surface area contributed by atoms with Gasteiger partial charge in [-0.3, -0.25) is 0 Å². The summed E-state index contributed by atoms with van der Waals surface area (Å²) in [4.78, 5) is 10.4. The number of hydrogen-bond donors (Lipinski definition) is 0. The lowest BCUT2D eigenvalue weighted by Gasteiger charge is -2.59. The van der Waals surface area contributed by atoms with Crippen LogP contribution in [0.25, 0.3) is 0 Å². The minimum Gasteiger partial charge on any atom is -0.632 e. The van der Waals surface area contributed by atoms with Crippen LogP contribution in [0.15, 0.2) is 5.70 Å². The molecule has 74 valence electrons. The predicted molar refractivity (Wildman–Crippen MR) is 48.0 cm³/mol. The van der Waals surface area contributed by atoms with Crippen LogP contribution in [0, 0.1) is 10.4 Å². The minimum atomic E-state index is -0.592. The lowest BCUT2D eigenvalue weighted by Crippen LogP contribution is -2.69. The van der Waals surface area contributed by atoms with Crippen LogP contribution in [-0.4, -0.2) is 48.0 Å². The Bertz CT molecular complexity index is 267. The van der Waals surface area contributed by atoms with Gasteiger partial charge in [0.2, 0.25) is 5.70 Å². The molecule has 2 bridgehead atoms. The van der Waals surface area contributed by atoms with E-state index < -0.39 is 9.29 Å². The largest absolute Gasteiger partial charge is 0.632 e. The van der Waals surface area contributed by atoms with Crippen molar-refractivity contribution >= 4 is 18.3 Å². The quantitative estimate of drug-likeness (QED) is 0.313. The van der Waals surface area contributed by atoms with E-state index in [2.05, 4.69) is 0 Å². The lowest BCUT2D eigenvalue weighted by molar-refractivity contribution is -1.01. The molecule has 3 fully saturated rings. The molecule has 3 rings (SSSR count). The fourth-order valence-corrected chi connectivity index (χ4v) is 1.86. The van der Waals surface area contributed by atoms with Crippen molar-refractivity contribution in [3.8, 4) is 0 Å². The van der Waals surface area contributed by atoms with E-state index in [-0.39, 0.29) is 37.7 Å². The van der Waals surface area contributed by atoms with Gasteiger partial charge in [0.15, 0.2) is 12.5 Å². The van der Waals surface area contributed by atoms with Gasteiger partial charge in [-0.2, -0.15) is 0 Å². The summed E-state index contributed by atoms with van der Waals surface area (Å²) in [6.07, 6.45) is 0. The molecule has 0 amide bonds. The number of hydroxylamine groups is 6.